The molecule has 2 heterocycles. The lowest BCUT2D eigenvalue weighted by Crippen LogP contribution is -2.27. The summed E-state index contributed by atoms with van der Waals surface area (Å²) in [4.78, 5) is 32.8. The van der Waals surface area contributed by atoms with Gasteiger partial charge >= 0.3 is 0 Å². The average molecular weight is 470 g/mol. The van der Waals surface area contributed by atoms with Gasteiger partial charge in [-0.1, -0.05) is 55.1 Å². The summed E-state index contributed by atoms with van der Waals surface area (Å²) in [6.45, 7) is 3.81. The zero-order valence-corrected chi connectivity index (χ0v) is 20.1. The number of amides is 1. The molecule has 172 valence electrons. The van der Waals surface area contributed by atoms with E-state index < -0.39 is 0 Å². The van der Waals surface area contributed by atoms with Crippen LogP contribution in [0.25, 0.3) is 16.6 Å². The molecule has 34 heavy (non-hydrogen) atoms. The van der Waals surface area contributed by atoms with Gasteiger partial charge in [-0.15, -0.1) is 0 Å². The van der Waals surface area contributed by atoms with E-state index in [9.17, 15) is 9.59 Å². The molecule has 1 saturated heterocycles. The number of hydrogen-bond donors (Lipinski definition) is 0. The largest absolute Gasteiger partial charge is 0.339 e. The van der Waals surface area contributed by atoms with E-state index in [1.165, 1.54) is 17.3 Å². The number of rotatable bonds is 6. The average Bonchev–Trinajstić information content (AvgIpc) is 3.43. The van der Waals surface area contributed by atoms with Gasteiger partial charge in [0.25, 0.3) is 11.5 Å². The Hall–Kier alpha value is -3.38. The zero-order valence-electron chi connectivity index (χ0n) is 19.2. The standard InChI is InChI=1S/C28H27N3O2S/c1-2-20-11-15-23(16-12-20)31-27(33)24-7-3-4-8-25(24)29-28(31)34-19-21-9-13-22(14-10-21)26(32)30-17-5-6-18-30/h3-4,7-16H,2,5-6,17-19H2,1H3. The minimum atomic E-state index is -0.0658. The van der Waals surface area contributed by atoms with Crippen LogP contribution in [-0.2, 0) is 12.2 Å². The van der Waals surface area contributed by atoms with Crippen molar-refractivity contribution in [1.82, 2.24) is 14.5 Å². The van der Waals surface area contributed by atoms with Crippen molar-refractivity contribution in [3.8, 4) is 5.69 Å². The van der Waals surface area contributed by atoms with Gasteiger partial charge in [0, 0.05) is 24.4 Å². The predicted octanol–water partition coefficient (Wildman–Crippen LogP) is 5.48. The maximum atomic E-state index is 13.4. The third-order valence-electron chi connectivity index (χ3n) is 6.31. The number of fused-ring (bicyclic) bond motifs is 1. The highest BCUT2D eigenvalue weighted by atomic mass is 32.2. The van der Waals surface area contributed by atoms with Gasteiger partial charge in [0.05, 0.1) is 16.6 Å². The van der Waals surface area contributed by atoms with E-state index in [1.807, 2.05) is 65.6 Å². The smallest absolute Gasteiger partial charge is 0.266 e. The van der Waals surface area contributed by atoms with Crippen LogP contribution in [0.5, 0.6) is 0 Å². The van der Waals surface area contributed by atoms with E-state index in [4.69, 9.17) is 4.98 Å². The third kappa shape index (κ3) is 4.50. The van der Waals surface area contributed by atoms with Crippen molar-refractivity contribution >= 4 is 28.6 Å². The van der Waals surface area contributed by atoms with Gasteiger partial charge in [-0.3, -0.25) is 14.2 Å². The second-order valence-corrected chi connectivity index (χ2v) is 9.50. The van der Waals surface area contributed by atoms with Crippen molar-refractivity contribution in [1.29, 1.82) is 0 Å². The van der Waals surface area contributed by atoms with Crippen LogP contribution < -0.4 is 5.56 Å². The quantitative estimate of drug-likeness (QED) is 0.277. The Morgan fingerprint density at radius 3 is 2.29 bits per heavy atom. The van der Waals surface area contributed by atoms with Gasteiger partial charge < -0.3 is 4.90 Å². The molecule has 3 aromatic carbocycles. The van der Waals surface area contributed by atoms with E-state index >= 15 is 0 Å². The number of likely N-dealkylation sites (tertiary alicyclic amines) is 1. The number of hydrogen-bond acceptors (Lipinski definition) is 4. The van der Waals surface area contributed by atoms with E-state index in [0.717, 1.165) is 49.2 Å². The molecule has 0 bridgehead atoms. The molecule has 0 aliphatic carbocycles. The van der Waals surface area contributed by atoms with Gasteiger partial charge in [0.2, 0.25) is 0 Å². The number of carbonyl (C=O) groups is 1. The van der Waals surface area contributed by atoms with E-state index in [-0.39, 0.29) is 11.5 Å². The molecular weight excluding hydrogens is 442 g/mol. The molecule has 0 atom stereocenters. The minimum Gasteiger partial charge on any atom is -0.339 e. The molecule has 0 radical (unpaired) electrons. The topological polar surface area (TPSA) is 55.2 Å². The minimum absolute atomic E-state index is 0.0658. The Bertz CT molecular complexity index is 1370. The fraction of sp³-hybridized carbons (Fsp3) is 0.250. The zero-order chi connectivity index (χ0) is 23.5. The summed E-state index contributed by atoms with van der Waals surface area (Å²) in [5.41, 5.74) is 4.48. The molecule has 0 saturated carbocycles. The first-order valence-electron chi connectivity index (χ1n) is 11.8. The van der Waals surface area contributed by atoms with Gasteiger partial charge in [0.1, 0.15) is 0 Å². The number of thioether (sulfide) groups is 1. The maximum absolute atomic E-state index is 13.4. The van der Waals surface area contributed by atoms with Gasteiger partial charge in [-0.05, 0) is 66.8 Å². The highest BCUT2D eigenvalue weighted by Gasteiger charge is 2.19. The summed E-state index contributed by atoms with van der Waals surface area (Å²) in [6, 6.07) is 23.4. The summed E-state index contributed by atoms with van der Waals surface area (Å²) in [6.07, 6.45) is 3.12. The molecule has 0 spiro atoms. The number of para-hydroxylation sites is 1. The Morgan fingerprint density at radius 1 is 0.912 bits per heavy atom. The van der Waals surface area contributed by atoms with Crippen LogP contribution in [0.15, 0.2) is 82.7 Å². The SMILES string of the molecule is CCc1ccc(-n2c(SCc3ccc(C(=O)N4CCCC4)cc3)nc3ccccc3c2=O)cc1. The van der Waals surface area contributed by atoms with Crippen LogP contribution in [0.2, 0.25) is 0 Å². The summed E-state index contributed by atoms with van der Waals surface area (Å²) in [5.74, 6) is 0.757. The highest BCUT2D eigenvalue weighted by Crippen LogP contribution is 2.25. The van der Waals surface area contributed by atoms with Gasteiger partial charge in [-0.25, -0.2) is 4.98 Å². The van der Waals surface area contributed by atoms with Crippen LogP contribution in [0.4, 0.5) is 0 Å². The van der Waals surface area contributed by atoms with Crippen LogP contribution in [-0.4, -0.2) is 33.4 Å². The van der Waals surface area contributed by atoms with Crippen molar-refractivity contribution in [2.45, 2.75) is 37.1 Å². The molecule has 0 unspecified atom stereocenters. The molecule has 1 fully saturated rings. The maximum Gasteiger partial charge on any atom is 0.266 e. The fourth-order valence-electron chi connectivity index (χ4n) is 4.31. The normalized spacial score (nSPS) is 13.5. The lowest BCUT2D eigenvalue weighted by molar-refractivity contribution is 0.0793. The molecule has 6 heteroatoms. The molecule has 1 aliphatic rings. The Labute approximate surface area is 203 Å². The molecule has 0 N–H and O–H groups in total. The first kappa shape index (κ1) is 22.4. The van der Waals surface area contributed by atoms with Crippen LogP contribution >= 0.6 is 11.8 Å². The summed E-state index contributed by atoms with van der Waals surface area (Å²) < 4.78 is 1.71. The van der Waals surface area contributed by atoms with Crippen molar-refractivity contribution < 1.29 is 4.79 Å². The van der Waals surface area contributed by atoms with Crippen molar-refractivity contribution in [2.24, 2.45) is 0 Å². The monoisotopic (exact) mass is 469 g/mol. The Kier molecular flexibility index (Phi) is 6.50. The first-order valence-corrected chi connectivity index (χ1v) is 12.7. The molecule has 1 amide bonds. The number of benzene rings is 3. The van der Waals surface area contributed by atoms with Crippen LogP contribution in [0.1, 0.15) is 41.3 Å². The molecule has 4 aromatic rings. The van der Waals surface area contributed by atoms with Gasteiger partial charge in [-0.2, -0.15) is 0 Å². The van der Waals surface area contributed by atoms with Gasteiger partial charge in [0.15, 0.2) is 5.16 Å². The number of nitrogens with zero attached hydrogens (tertiary/aromatic N) is 3. The second-order valence-electron chi connectivity index (χ2n) is 8.56. The van der Waals surface area contributed by atoms with Crippen molar-refractivity contribution in [3.63, 3.8) is 0 Å². The third-order valence-corrected chi connectivity index (χ3v) is 7.32. The number of carbonyl (C=O) groups excluding carboxylic acids is 1. The molecule has 5 nitrogen and oxygen atoms in total. The van der Waals surface area contributed by atoms with Crippen molar-refractivity contribution in [2.75, 3.05) is 13.1 Å². The lowest BCUT2D eigenvalue weighted by atomic mass is 10.1. The molecule has 5 rings (SSSR count). The number of aromatic nitrogens is 2. The van der Waals surface area contributed by atoms with E-state index in [1.54, 1.807) is 4.57 Å². The lowest BCUT2D eigenvalue weighted by Gasteiger charge is -2.15. The molecule has 1 aromatic heterocycles. The Balaban J connectivity index is 1.43. The summed E-state index contributed by atoms with van der Waals surface area (Å²) >= 11 is 1.53. The van der Waals surface area contributed by atoms with E-state index in [2.05, 4.69) is 19.1 Å². The summed E-state index contributed by atoms with van der Waals surface area (Å²) in [5, 5.41) is 1.27. The molecular formula is C28H27N3O2S. The van der Waals surface area contributed by atoms with Crippen molar-refractivity contribution in [3.05, 3.63) is 99.8 Å². The predicted molar refractivity (Wildman–Crippen MR) is 138 cm³/mol. The molecule has 1 aliphatic heterocycles. The van der Waals surface area contributed by atoms with E-state index in [0.29, 0.717) is 21.8 Å². The number of aryl methyl sites for hydroxylation is 1. The Morgan fingerprint density at radius 2 is 1.59 bits per heavy atom. The summed E-state index contributed by atoms with van der Waals surface area (Å²) in [7, 11) is 0. The first-order chi connectivity index (χ1) is 16.6. The van der Waals surface area contributed by atoms with Crippen LogP contribution in [0, 0.1) is 0 Å². The second kappa shape index (κ2) is 9.85. The highest BCUT2D eigenvalue weighted by molar-refractivity contribution is 7.98. The van der Waals surface area contributed by atoms with Crippen LogP contribution in [0.3, 0.4) is 0 Å². The fourth-order valence-corrected chi connectivity index (χ4v) is 5.28.